The third-order valence-electron chi connectivity index (χ3n) is 4.21. The van der Waals surface area contributed by atoms with Gasteiger partial charge < -0.3 is 10.6 Å². The molecule has 3 rings (SSSR count). The van der Waals surface area contributed by atoms with Gasteiger partial charge in [0.15, 0.2) is 0 Å². The summed E-state index contributed by atoms with van der Waals surface area (Å²) in [4.78, 5) is 11.8. The SMILES string of the molecule is Cc1ccc(-c2cc(CN)nc(N3CCCCCC3)n2)cc1. The second-order valence-electron chi connectivity index (χ2n) is 6.02. The molecule has 0 radical (unpaired) electrons. The quantitative estimate of drug-likeness (QED) is 0.944. The van der Waals surface area contributed by atoms with E-state index in [1.807, 2.05) is 6.07 Å². The van der Waals surface area contributed by atoms with E-state index in [2.05, 4.69) is 41.1 Å². The molecule has 2 N–H and O–H groups in total. The molecular formula is C18H24N4. The Bertz CT molecular complexity index is 613. The summed E-state index contributed by atoms with van der Waals surface area (Å²) < 4.78 is 0. The average molecular weight is 296 g/mol. The Morgan fingerprint density at radius 1 is 1.00 bits per heavy atom. The first kappa shape index (κ1) is 15.0. The molecule has 2 heterocycles. The van der Waals surface area contributed by atoms with Crippen molar-refractivity contribution in [2.45, 2.75) is 39.2 Å². The van der Waals surface area contributed by atoms with Crippen molar-refractivity contribution >= 4 is 5.95 Å². The van der Waals surface area contributed by atoms with Crippen LogP contribution in [0.3, 0.4) is 0 Å². The maximum atomic E-state index is 5.84. The van der Waals surface area contributed by atoms with Crippen molar-refractivity contribution in [2.75, 3.05) is 18.0 Å². The van der Waals surface area contributed by atoms with Gasteiger partial charge in [-0.15, -0.1) is 0 Å². The van der Waals surface area contributed by atoms with E-state index in [0.717, 1.165) is 36.0 Å². The van der Waals surface area contributed by atoms with Crippen LogP contribution in [0.1, 0.15) is 36.9 Å². The number of aromatic nitrogens is 2. The smallest absolute Gasteiger partial charge is 0.226 e. The van der Waals surface area contributed by atoms with E-state index in [-0.39, 0.29) is 0 Å². The molecule has 22 heavy (non-hydrogen) atoms. The molecule has 1 aromatic carbocycles. The van der Waals surface area contributed by atoms with Crippen LogP contribution in [0.25, 0.3) is 11.3 Å². The first-order chi connectivity index (χ1) is 10.8. The van der Waals surface area contributed by atoms with Crippen molar-refractivity contribution in [2.24, 2.45) is 5.73 Å². The Balaban J connectivity index is 1.96. The third-order valence-corrected chi connectivity index (χ3v) is 4.21. The second-order valence-corrected chi connectivity index (χ2v) is 6.02. The standard InChI is InChI=1S/C18H24N4/c1-14-6-8-15(9-7-14)17-12-16(13-19)20-18(21-17)22-10-4-2-3-5-11-22/h6-9,12H,2-5,10-11,13,19H2,1H3. The summed E-state index contributed by atoms with van der Waals surface area (Å²) in [7, 11) is 0. The molecule has 2 aromatic rings. The molecule has 0 atom stereocenters. The van der Waals surface area contributed by atoms with E-state index in [1.54, 1.807) is 0 Å². The van der Waals surface area contributed by atoms with Crippen LogP contribution < -0.4 is 10.6 Å². The molecule has 0 unspecified atom stereocenters. The summed E-state index contributed by atoms with van der Waals surface area (Å²) in [5, 5.41) is 0. The molecular weight excluding hydrogens is 272 g/mol. The van der Waals surface area contributed by atoms with Crippen molar-refractivity contribution in [1.29, 1.82) is 0 Å². The van der Waals surface area contributed by atoms with Crippen LogP contribution in [0, 0.1) is 6.92 Å². The van der Waals surface area contributed by atoms with Gasteiger partial charge in [-0.25, -0.2) is 9.97 Å². The highest BCUT2D eigenvalue weighted by Crippen LogP contribution is 2.23. The minimum atomic E-state index is 0.447. The van der Waals surface area contributed by atoms with Gasteiger partial charge in [-0.1, -0.05) is 42.7 Å². The molecule has 0 aliphatic carbocycles. The maximum absolute atomic E-state index is 5.84. The predicted octanol–water partition coefficient (Wildman–Crippen LogP) is 3.29. The zero-order chi connectivity index (χ0) is 15.4. The van der Waals surface area contributed by atoms with Gasteiger partial charge in [-0.2, -0.15) is 0 Å². The number of aryl methyl sites for hydroxylation is 1. The van der Waals surface area contributed by atoms with Gasteiger partial charge in [-0.05, 0) is 25.8 Å². The number of benzene rings is 1. The number of nitrogens with zero attached hydrogens (tertiary/aromatic N) is 3. The van der Waals surface area contributed by atoms with Crippen LogP contribution >= 0.6 is 0 Å². The Morgan fingerprint density at radius 3 is 2.32 bits per heavy atom. The largest absolute Gasteiger partial charge is 0.341 e. The van der Waals surface area contributed by atoms with Gasteiger partial charge >= 0.3 is 0 Å². The van der Waals surface area contributed by atoms with Crippen LogP contribution in [-0.4, -0.2) is 23.1 Å². The van der Waals surface area contributed by atoms with Crippen molar-refractivity contribution < 1.29 is 0 Å². The van der Waals surface area contributed by atoms with Gasteiger partial charge in [0.2, 0.25) is 5.95 Å². The molecule has 116 valence electrons. The fourth-order valence-electron chi connectivity index (χ4n) is 2.87. The predicted molar refractivity (Wildman–Crippen MR) is 90.8 cm³/mol. The number of nitrogens with two attached hydrogens (primary N) is 1. The topological polar surface area (TPSA) is 55.0 Å². The van der Waals surface area contributed by atoms with Crippen molar-refractivity contribution in [1.82, 2.24) is 9.97 Å². The molecule has 1 aliphatic heterocycles. The summed E-state index contributed by atoms with van der Waals surface area (Å²) in [6.07, 6.45) is 5.04. The van der Waals surface area contributed by atoms with Crippen molar-refractivity contribution in [3.05, 3.63) is 41.6 Å². The lowest BCUT2D eigenvalue weighted by Crippen LogP contribution is -2.26. The van der Waals surface area contributed by atoms with Crippen LogP contribution in [0.5, 0.6) is 0 Å². The lowest BCUT2D eigenvalue weighted by atomic mass is 10.1. The molecule has 0 bridgehead atoms. The molecule has 4 heteroatoms. The van der Waals surface area contributed by atoms with Crippen molar-refractivity contribution in [3.8, 4) is 11.3 Å². The van der Waals surface area contributed by atoms with E-state index >= 15 is 0 Å². The van der Waals surface area contributed by atoms with E-state index in [1.165, 1.54) is 31.2 Å². The van der Waals surface area contributed by atoms with Crippen LogP contribution in [0.15, 0.2) is 30.3 Å². The van der Waals surface area contributed by atoms with E-state index < -0.39 is 0 Å². The van der Waals surface area contributed by atoms with E-state index in [4.69, 9.17) is 10.7 Å². The fraction of sp³-hybridized carbons (Fsp3) is 0.444. The van der Waals surface area contributed by atoms with E-state index in [9.17, 15) is 0 Å². The number of anilines is 1. The summed E-state index contributed by atoms with van der Waals surface area (Å²) in [5.41, 5.74) is 10.1. The van der Waals surface area contributed by atoms with Gasteiger partial charge in [0.25, 0.3) is 0 Å². The summed E-state index contributed by atoms with van der Waals surface area (Å²) in [6, 6.07) is 10.5. The van der Waals surface area contributed by atoms with Gasteiger partial charge in [0.05, 0.1) is 11.4 Å². The van der Waals surface area contributed by atoms with Crippen LogP contribution in [-0.2, 0) is 6.54 Å². The first-order valence-electron chi connectivity index (χ1n) is 8.16. The van der Waals surface area contributed by atoms with Gasteiger partial charge in [0.1, 0.15) is 0 Å². The first-order valence-corrected chi connectivity index (χ1v) is 8.16. The second kappa shape index (κ2) is 6.88. The summed E-state index contributed by atoms with van der Waals surface area (Å²) >= 11 is 0. The monoisotopic (exact) mass is 296 g/mol. The minimum Gasteiger partial charge on any atom is -0.341 e. The molecule has 0 amide bonds. The summed E-state index contributed by atoms with van der Waals surface area (Å²) in [6.45, 7) is 4.63. The highest BCUT2D eigenvalue weighted by molar-refractivity contribution is 5.61. The Labute approximate surface area is 132 Å². The molecule has 1 fully saturated rings. The zero-order valence-electron chi connectivity index (χ0n) is 13.3. The average Bonchev–Trinajstić information content (AvgIpc) is 2.84. The van der Waals surface area contributed by atoms with Crippen LogP contribution in [0.4, 0.5) is 5.95 Å². The minimum absolute atomic E-state index is 0.447. The van der Waals surface area contributed by atoms with Gasteiger partial charge in [0, 0.05) is 25.2 Å². The fourth-order valence-corrected chi connectivity index (χ4v) is 2.87. The Kier molecular flexibility index (Phi) is 4.68. The summed E-state index contributed by atoms with van der Waals surface area (Å²) in [5.74, 6) is 0.834. The number of hydrogen-bond acceptors (Lipinski definition) is 4. The number of rotatable bonds is 3. The zero-order valence-corrected chi connectivity index (χ0v) is 13.3. The third kappa shape index (κ3) is 3.45. The highest BCUT2D eigenvalue weighted by atomic mass is 15.2. The van der Waals surface area contributed by atoms with Crippen LogP contribution in [0.2, 0.25) is 0 Å². The lowest BCUT2D eigenvalue weighted by Gasteiger charge is -2.21. The molecule has 0 spiro atoms. The molecule has 4 nitrogen and oxygen atoms in total. The maximum Gasteiger partial charge on any atom is 0.226 e. The Hall–Kier alpha value is -1.94. The molecule has 1 aliphatic rings. The highest BCUT2D eigenvalue weighted by Gasteiger charge is 2.14. The molecule has 1 saturated heterocycles. The van der Waals surface area contributed by atoms with Crippen molar-refractivity contribution in [3.63, 3.8) is 0 Å². The lowest BCUT2D eigenvalue weighted by molar-refractivity contribution is 0.726. The molecule has 1 aromatic heterocycles. The normalized spacial score (nSPS) is 15.6. The Morgan fingerprint density at radius 2 is 1.68 bits per heavy atom. The van der Waals surface area contributed by atoms with E-state index in [0.29, 0.717) is 6.54 Å². The molecule has 0 saturated carbocycles. The van der Waals surface area contributed by atoms with Gasteiger partial charge in [-0.3, -0.25) is 0 Å². The number of hydrogen-bond donors (Lipinski definition) is 1.